The van der Waals surface area contributed by atoms with E-state index >= 15 is 0 Å². The van der Waals surface area contributed by atoms with Gasteiger partial charge in [-0.25, -0.2) is 14.6 Å². The summed E-state index contributed by atoms with van der Waals surface area (Å²) in [4.78, 5) is 13.2. The van der Waals surface area contributed by atoms with E-state index in [-0.39, 0.29) is 5.95 Å². The van der Waals surface area contributed by atoms with Gasteiger partial charge in [0.1, 0.15) is 5.69 Å². The molecule has 0 radical (unpaired) electrons. The van der Waals surface area contributed by atoms with Gasteiger partial charge in [0.2, 0.25) is 5.95 Å². The Balaban J connectivity index is 1.59. The van der Waals surface area contributed by atoms with Crippen molar-refractivity contribution in [3.8, 4) is 22.6 Å². The summed E-state index contributed by atoms with van der Waals surface area (Å²) in [5.41, 5.74) is 11.8. The third-order valence-electron chi connectivity index (χ3n) is 4.37. The maximum atomic E-state index is 5.94. The van der Waals surface area contributed by atoms with Gasteiger partial charge < -0.3 is 10.5 Å². The Morgan fingerprint density at radius 1 is 0.931 bits per heavy atom. The first kappa shape index (κ1) is 18.7. The lowest BCUT2D eigenvalue weighted by Crippen LogP contribution is -2.04. The van der Waals surface area contributed by atoms with E-state index in [2.05, 4.69) is 25.3 Å². The van der Waals surface area contributed by atoms with Gasteiger partial charge in [-0.3, -0.25) is 4.98 Å². The fraction of sp³-hybridized carbons (Fsp3) is 0.190. The minimum Gasteiger partial charge on any atom is -0.378 e. The van der Waals surface area contributed by atoms with Crippen molar-refractivity contribution in [2.75, 3.05) is 12.8 Å². The number of nitrogen functional groups attached to an aromatic ring is 1. The summed E-state index contributed by atoms with van der Waals surface area (Å²) in [5, 5.41) is 8.45. The minimum atomic E-state index is 0.196. The van der Waals surface area contributed by atoms with Gasteiger partial charge in [-0.2, -0.15) is 0 Å². The first-order valence-corrected chi connectivity index (χ1v) is 9.16. The average molecular weight is 387 g/mol. The van der Waals surface area contributed by atoms with Gasteiger partial charge in [0.15, 0.2) is 0 Å². The number of nitrogens with zero attached hydrogens (tertiary/aromatic N) is 6. The molecule has 146 valence electrons. The molecule has 1 aromatic carbocycles. The summed E-state index contributed by atoms with van der Waals surface area (Å²) >= 11 is 0. The highest BCUT2D eigenvalue weighted by molar-refractivity contribution is 5.67. The number of hydrogen-bond donors (Lipinski definition) is 1. The Hall–Kier alpha value is -3.65. The number of pyridine rings is 1. The summed E-state index contributed by atoms with van der Waals surface area (Å²) < 4.78 is 6.86. The SMILES string of the molecule is COCc1cccc(Cn2cc(-c3cc(-c4ccc(C)cc4)nc(N)n3)nn2)n1. The van der Waals surface area contributed by atoms with E-state index in [1.807, 2.05) is 61.7 Å². The molecule has 8 nitrogen and oxygen atoms in total. The van der Waals surface area contributed by atoms with Gasteiger partial charge in [0.25, 0.3) is 0 Å². The standard InChI is InChI=1S/C21H21N7O/c1-14-6-8-15(9-7-14)18-10-19(25-21(22)24-18)20-12-28(27-26-20)11-16-4-3-5-17(23-16)13-29-2/h3-10,12H,11,13H2,1-2H3,(H2,22,24,25). The number of aromatic nitrogens is 6. The van der Waals surface area contributed by atoms with E-state index < -0.39 is 0 Å². The van der Waals surface area contributed by atoms with Gasteiger partial charge >= 0.3 is 0 Å². The molecule has 0 aliphatic carbocycles. The summed E-state index contributed by atoms with van der Waals surface area (Å²) in [6.45, 7) is 3.01. The lowest BCUT2D eigenvalue weighted by molar-refractivity contribution is 0.181. The molecule has 2 N–H and O–H groups in total. The first-order valence-electron chi connectivity index (χ1n) is 9.16. The zero-order valence-corrected chi connectivity index (χ0v) is 16.3. The molecule has 4 aromatic rings. The largest absolute Gasteiger partial charge is 0.378 e. The molecule has 0 fully saturated rings. The Labute approximate surface area is 168 Å². The molecule has 3 heterocycles. The number of rotatable bonds is 6. The molecule has 4 rings (SSSR count). The van der Waals surface area contributed by atoms with Crippen LogP contribution in [0.5, 0.6) is 0 Å². The highest BCUT2D eigenvalue weighted by Crippen LogP contribution is 2.23. The minimum absolute atomic E-state index is 0.196. The molecule has 0 saturated carbocycles. The lowest BCUT2D eigenvalue weighted by Gasteiger charge is -2.05. The molecule has 0 atom stereocenters. The first-order chi connectivity index (χ1) is 14.1. The fourth-order valence-electron chi connectivity index (χ4n) is 2.97. The van der Waals surface area contributed by atoms with Crippen LogP contribution in [0.4, 0.5) is 5.95 Å². The lowest BCUT2D eigenvalue weighted by atomic mass is 10.1. The van der Waals surface area contributed by atoms with Gasteiger partial charge in [-0.1, -0.05) is 41.1 Å². The van der Waals surface area contributed by atoms with Crippen molar-refractivity contribution >= 4 is 5.95 Å². The fourth-order valence-corrected chi connectivity index (χ4v) is 2.97. The molecule has 29 heavy (non-hydrogen) atoms. The van der Waals surface area contributed by atoms with Gasteiger partial charge in [0.05, 0.1) is 42.1 Å². The maximum absolute atomic E-state index is 5.94. The maximum Gasteiger partial charge on any atom is 0.221 e. The molecular weight excluding hydrogens is 366 g/mol. The predicted octanol–water partition coefficient (Wildman–Crippen LogP) is 2.88. The van der Waals surface area contributed by atoms with Gasteiger partial charge in [-0.15, -0.1) is 5.10 Å². The van der Waals surface area contributed by atoms with Crippen molar-refractivity contribution in [2.24, 2.45) is 0 Å². The Kier molecular flexibility index (Phi) is 5.26. The third kappa shape index (κ3) is 4.44. The molecule has 0 aliphatic heterocycles. The summed E-state index contributed by atoms with van der Waals surface area (Å²) in [6, 6.07) is 15.8. The summed E-state index contributed by atoms with van der Waals surface area (Å²) in [7, 11) is 1.65. The predicted molar refractivity (Wildman–Crippen MR) is 110 cm³/mol. The van der Waals surface area contributed by atoms with Crippen LogP contribution in [-0.4, -0.2) is 37.1 Å². The topological polar surface area (TPSA) is 105 Å². The molecule has 0 aliphatic rings. The number of nitrogens with two attached hydrogens (primary N) is 1. The van der Waals surface area contributed by atoms with Crippen molar-refractivity contribution in [3.05, 3.63) is 71.7 Å². The normalized spacial score (nSPS) is 11.0. The molecule has 8 heteroatoms. The number of aryl methyl sites for hydroxylation is 1. The van der Waals surface area contributed by atoms with Crippen LogP contribution in [0.3, 0.4) is 0 Å². The smallest absolute Gasteiger partial charge is 0.221 e. The van der Waals surface area contributed by atoms with Crippen LogP contribution >= 0.6 is 0 Å². The van der Waals surface area contributed by atoms with Gasteiger partial charge in [0, 0.05) is 12.7 Å². The number of ether oxygens (including phenoxy) is 1. The van der Waals surface area contributed by atoms with E-state index in [1.165, 1.54) is 5.56 Å². The van der Waals surface area contributed by atoms with Crippen LogP contribution in [0.1, 0.15) is 17.0 Å². The molecule has 3 aromatic heterocycles. The van der Waals surface area contributed by atoms with Crippen LogP contribution in [0.25, 0.3) is 22.6 Å². The van der Waals surface area contributed by atoms with Crippen LogP contribution < -0.4 is 5.73 Å². The third-order valence-corrected chi connectivity index (χ3v) is 4.37. The van der Waals surface area contributed by atoms with Crippen LogP contribution in [0, 0.1) is 6.92 Å². The van der Waals surface area contributed by atoms with E-state index in [9.17, 15) is 0 Å². The number of hydrogen-bond acceptors (Lipinski definition) is 7. The van der Waals surface area contributed by atoms with Gasteiger partial charge in [-0.05, 0) is 25.1 Å². The number of anilines is 1. The van der Waals surface area contributed by atoms with E-state index in [1.54, 1.807) is 11.8 Å². The molecule has 0 amide bonds. The molecular formula is C21H21N7O. The van der Waals surface area contributed by atoms with E-state index in [0.717, 1.165) is 22.6 Å². The molecule has 0 saturated heterocycles. The Morgan fingerprint density at radius 3 is 2.48 bits per heavy atom. The van der Waals surface area contributed by atoms with Crippen molar-refractivity contribution < 1.29 is 4.74 Å². The average Bonchev–Trinajstić information content (AvgIpc) is 3.17. The zero-order valence-electron chi connectivity index (χ0n) is 16.3. The summed E-state index contributed by atoms with van der Waals surface area (Å²) in [5.74, 6) is 0.196. The van der Waals surface area contributed by atoms with Crippen molar-refractivity contribution in [1.82, 2.24) is 29.9 Å². The van der Waals surface area contributed by atoms with Crippen molar-refractivity contribution in [1.29, 1.82) is 0 Å². The monoisotopic (exact) mass is 387 g/mol. The summed E-state index contributed by atoms with van der Waals surface area (Å²) in [6.07, 6.45) is 1.82. The van der Waals surface area contributed by atoms with E-state index in [4.69, 9.17) is 10.5 Å². The van der Waals surface area contributed by atoms with Crippen LogP contribution in [0.15, 0.2) is 54.7 Å². The molecule has 0 spiro atoms. The van der Waals surface area contributed by atoms with Crippen LogP contribution in [-0.2, 0) is 17.9 Å². The molecule has 0 unspecified atom stereocenters. The second-order valence-electron chi connectivity index (χ2n) is 6.72. The highest BCUT2D eigenvalue weighted by Gasteiger charge is 2.11. The zero-order chi connectivity index (χ0) is 20.2. The van der Waals surface area contributed by atoms with E-state index in [0.29, 0.717) is 24.5 Å². The Morgan fingerprint density at radius 2 is 1.69 bits per heavy atom. The van der Waals surface area contributed by atoms with Crippen molar-refractivity contribution in [3.63, 3.8) is 0 Å². The molecule has 0 bridgehead atoms. The second-order valence-corrected chi connectivity index (χ2v) is 6.72. The number of benzene rings is 1. The second kappa shape index (κ2) is 8.15. The Bertz CT molecular complexity index is 1120. The quantitative estimate of drug-likeness (QED) is 0.542. The number of methoxy groups -OCH3 is 1. The highest BCUT2D eigenvalue weighted by atomic mass is 16.5. The van der Waals surface area contributed by atoms with Crippen LogP contribution in [0.2, 0.25) is 0 Å². The van der Waals surface area contributed by atoms with Crippen molar-refractivity contribution in [2.45, 2.75) is 20.1 Å².